The summed E-state index contributed by atoms with van der Waals surface area (Å²) < 4.78 is 12.3. The molecule has 2 amide bonds. The van der Waals surface area contributed by atoms with Crippen LogP contribution in [0.2, 0.25) is 0 Å². The van der Waals surface area contributed by atoms with Gasteiger partial charge in [0.1, 0.15) is 23.2 Å². The average molecular weight is 483 g/mol. The zero-order valence-corrected chi connectivity index (χ0v) is 19.2. The SMILES string of the molecule is CC1=C(C#N)C(=O)N(CCCOC(C)C)C(=O)/C1=C/c1ccc(-c2ccc(Br)cc2)o1. The quantitative estimate of drug-likeness (QED) is 0.310. The summed E-state index contributed by atoms with van der Waals surface area (Å²) in [6, 6.07) is 13.2. The Morgan fingerprint density at radius 2 is 1.87 bits per heavy atom. The van der Waals surface area contributed by atoms with Gasteiger partial charge in [0.05, 0.1) is 6.10 Å². The Morgan fingerprint density at radius 1 is 1.16 bits per heavy atom. The third-order valence-corrected chi connectivity index (χ3v) is 5.37. The van der Waals surface area contributed by atoms with Crippen molar-refractivity contribution in [3.63, 3.8) is 0 Å². The molecule has 1 aliphatic heterocycles. The maximum Gasteiger partial charge on any atom is 0.271 e. The smallest absolute Gasteiger partial charge is 0.271 e. The van der Waals surface area contributed by atoms with Crippen LogP contribution in [0.1, 0.15) is 33.0 Å². The summed E-state index contributed by atoms with van der Waals surface area (Å²) >= 11 is 3.41. The van der Waals surface area contributed by atoms with Crippen LogP contribution < -0.4 is 0 Å². The van der Waals surface area contributed by atoms with E-state index in [1.165, 1.54) is 0 Å². The van der Waals surface area contributed by atoms with Crippen molar-refractivity contribution >= 4 is 33.8 Å². The molecule has 1 aromatic carbocycles. The number of carbonyl (C=O) groups is 2. The summed E-state index contributed by atoms with van der Waals surface area (Å²) in [5.41, 5.74) is 1.50. The molecular formula is C24H23BrN2O4. The number of amides is 2. The molecular weight excluding hydrogens is 460 g/mol. The van der Waals surface area contributed by atoms with Gasteiger partial charge in [0.25, 0.3) is 11.8 Å². The van der Waals surface area contributed by atoms with Gasteiger partial charge in [-0.1, -0.05) is 28.1 Å². The number of benzene rings is 1. The second-order valence-corrected chi connectivity index (χ2v) is 8.33. The summed E-state index contributed by atoms with van der Waals surface area (Å²) in [7, 11) is 0. The highest BCUT2D eigenvalue weighted by Gasteiger charge is 2.35. The maximum absolute atomic E-state index is 13.1. The second kappa shape index (κ2) is 9.90. The third kappa shape index (κ3) is 5.22. The summed E-state index contributed by atoms with van der Waals surface area (Å²) in [5.74, 6) is 0.119. The molecule has 7 heteroatoms. The van der Waals surface area contributed by atoms with Crippen LogP contribution >= 0.6 is 15.9 Å². The van der Waals surface area contributed by atoms with E-state index in [4.69, 9.17) is 9.15 Å². The maximum atomic E-state index is 13.1. The number of halogens is 1. The summed E-state index contributed by atoms with van der Waals surface area (Å²) in [5, 5.41) is 9.49. The Morgan fingerprint density at radius 3 is 2.52 bits per heavy atom. The van der Waals surface area contributed by atoms with Crippen molar-refractivity contribution in [2.75, 3.05) is 13.2 Å². The van der Waals surface area contributed by atoms with Gasteiger partial charge in [-0.3, -0.25) is 14.5 Å². The number of nitriles is 1. The Kier molecular flexibility index (Phi) is 7.26. The molecule has 0 radical (unpaired) electrons. The Balaban J connectivity index is 1.88. The van der Waals surface area contributed by atoms with E-state index in [-0.39, 0.29) is 23.8 Å². The predicted molar refractivity (Wildman–Crippen MR) is 121 cm³/mol. The first-order valence-electron chi connectivity index (χ1n) is 9.98. The average Bonchev–Trinajstić information content (AvgIpc) is 3.20. The number of ether oxygens (including phenoxy) is 1. The van der Waals surface area contributed by atoms with Crippen molar-refractivity contribution < 1.29 is 18.7 Å². The van der Waals surface area contributed by atoms with E-state index in [2.05, 4.69) is 15.9 Å². The van der Waals surface area contributed by atoms with Gasteiger partial charge in [0.15, 0.2) is 0 Å². The molecule has 0 spiro atoms. The fourth-order valence-electron chi connectivity index (χ4n) is 3.22. The van der Waals surface area contributed by atoms with Gasteiger partial charge < -0.3 is 9.15 Å². The van der Waals surface area contributed by atoms with Gasteiger partial charge in [-0.25, -0.2) is 0 Å². The molecule has 0 saturated carbocycles. The van der Waals surface area contributed by atoms with E-state index in [9.17, 15) is 14.9 Å². The van der Waals surface area contributed by atoms with Crippen LogP contribution in [0.25, 0.3) is 17.4 Å². The van der Waals surface area contributed by atoms with Gasteiger partial charge in [0, 0.05) is 28.8 Å². The molecule has 1 aliphatic rings. The van der Waals surface area contributed by atoms with Crippen LogP contribution in [-0.4, -0.2) is 36.0 Å². The van der Waals surface area contributed by atoms with Crippen molar-refractivity contribution in [2.45, 2.75) is 33.3 Å². The third-order valence-electron chi connectivity index (χ3n) is 4.84. The predicted octanol–water partition coefficient (Wildman–Crippen LogP) is 5.12. The van der Waals surface area contributed by atoms with E-state index in [1.54, 1.807) is 19.1 Å². The summed E-state index contributed by atoms with van der Waals surface area (Å²) in [4.78, 5) is 26.8. The van der Waals surface area contributed by atoms with E-state index < -0.39 is 11.8 Å². The lowest BCUT2D eigenvalue weighted by Crippen LogP contribution is -2.43. The molecule has 0 saturated heterocycles. The van der Waals surface area contributed by atoms with Gasteiger partial charge in [0.2, 0.25) is 0 Å². The van der Waals surface area contributed by atoms with Crippen molar-refractivity contribution in [3.8, 4) is 17.4 Å². The lowest BCUT2D eigenvalue weighted by Gasteiger charge is -2.27. The highest BCUT2D eigenvalue weighted by Crippen LogP contribution is 2.29. The van der Waals surface area contributed by atoms with Crippen LogP contribution in [0.3, 0.4) is 0 Å². The topological polar surface area (TPSA) is 83.5 Å². The van der Waals surface area contributed by atoms with Crippen molar-refractivity contribution in [1.82, 2.24) is 4.90 Å². The van der Waals surface area contributed by atoms with Gasteiger partial charge >= 0.3 is 0 Å². The second-order valence-electron chi connectivity index (χ2n) is 7.41. The van der Waals surface area contributed by atoms with Crippen LogP contribution in [0.5, 0.6) is 0 Å². The number of nitrogens with zero attached hydrogens (tertiary/aromatic N) is 2. The normalized spacial score (nSPS) is 15.9. The molecule has 0 N–H and O–H groups in total. The first-order chi connectivity index (χ1) is 14.8. The van der Waals surface area contributed by atoms with E-state index in [0.717, 1.165) is 14.9 Å². The number of rotatable bonds is 7. The van der Waals surface area contributed by atoms with E-state index in [1.807, 2.05) is 50.2 Å². The standard InChI is InChI=1S/C24H23BrN2O4/c1-15(2)30-12-4-11-27-23(28)20(16(3)21(14-26)24(27)29)13-19-9-10-22(31-19)17-5-7-18(25)8-6-17/h5-10,13,15H,4,11-12H2,1-3H3/b20-13+. The van der Waals surface area contributed by atoms with Crippen molar-refractivity contribution in [1.29, 1.82) is 5.26 Å². The monoisotopic (exact) mass is 482 g/mol. The fraction of sp³-hybridized carbons (Fsp3) is 0.292. The fourth-order valence-corrected chi connectivity index (χ4v) is 3.48. The Hall–Kier alpha value is -2.95. The van der Waals surface area contributed by atoms with Crippen LogP contribution in [-0.2, 0) is 14.3 Å². The molecule has 0 aliphatic carbocycles. The molecule has 2 aromatic rings. The molecule has 2 heterocycles. The molecule has 160 valence electrons. The lowest BCUT2D eigenvalue weighted by atomic mass is 9.94. The van der Waals surface area contributed by atoms with Gasteiger partial charge in [-0.2, -0.15) is 5.26 Å². The van der Waals surface area contributed by atoms with Crippen LogP contribution in [0.15, 0.2) is 62.0 Å². The summed E-state index contributed by atoms with van der Waals surface area (Å²) in [6.45, 7) is 6.06. The lowest BCUT2D eigenvalue weighted by molar-refractivity contribution is -0.140. The largest absolute Gasteiger partial charge is 0.457 e. The molecule has 1 aromatic heterocycles. The molecule has 0 fully saturated rings. The van der Waals surface area contributed by atoms with Crippen molar-refractivity contribution in [3.05, 3.63) is 63.4 Å². The number of hydrogen-bond acceptors (Lipinski definition) is 5. The molecule has 0 bridgehead atoms. The minimum Gasteiger partial charge on any atom is -0.457 e. The van der Waals surface area contributed by atoms with E-state index in [0.29, 0.717) is 30.1 Å². The van der Waals surface area contributed by atoms with E-state index >= 15 is 0 Å². The first kappa shape index (κ1) is 22.7. The highest BCUT2D eigenvalue weighted by molar-refractivity contribution is 9.10. The molecule has 0 unspecified atom stereocenters. The number of furan rings is 1. The minimum atomic E-state index is -0.568. The minimum absolute atomic E-state index is 0.0321. The molecule has 6 nitrogen and oxygen atoms in total. The molecule has 3 rings (SSSR count). The summed E-state index contributed by atoms with van der Waals surface area (Å²) in [6.07, 6.45) is 2.15. The zero-order chi connectivity index (χ0) is 22.5. The number of imide groups is 1. The Labute approximate surface area is 189 Å². The van der Waals surface area contributed by atoms with Crippen LogP contribution in [0.4, 0.5) is 0 Å². The highest BCUT2D eigenvalue weighted by atomic mass is 79.9. The zero-order valence-electron chi connectivity index (χ0n) is 17.6. The molecule has 31 heavy (non-hydrogen) atoms. The van der Waals surface area contributed by atoms with Crippen LogP contribution in [0, 0.1) is 11.3 Å². The number of carbonyl (C=O) groups excluding carboxylic acids is 2. The molecule has 0 atom stereocenters. The van der Waals surface area contributed by atoms with Crippen molar-refractivity contribution in [2.24, 2.45) is 0 Å². The number of hydrogen-bond donors (Lipinski definition) is 0. The van der Waals surface area contributed by atoms with Gasteiger partial charge in [-0.05, 0) is 63.1 Å². The van der Waals surface area contributed by atoms with Gasteiger partial charge in [-0.15, -0.1) is 0 Å². The Bertz CT molecular complexity index is 1090. The first-order valence-corrected chi connectivity index (χ1v) is 10.8.